The Bertz CT molecular complexity index is 978. The van der Waals surface area contributed by atoms with Crippen LogP contribution in [-0.2, 0) is 9.53 Å². The molecule has 0 bridgehead atoms. The zero-order valence-electron chi connectivity index (χ0n) is 19.1. The summed E-state index contributed by atoms with van der Waals surface area (Å²) in [6.45, 7) is 4.63. The van der Waals surface area contributed by atoms with E-state index in [-0.39, 0.29) is 12.1 Å². The van der Waals surface area contributed by atoms with Gasteiger partial charge in [0, 0.05) is 5.70 Å². The minimum Gasteiger partial charge on any atom is -0.493 e. The number of nitrogens with zero attached hydrogens (tertiary/aromatic N) is 3. The molecule has 172 valence electrons. The Labute approximate surface area is 189 Å². The van der Waals surface area contributed by atoms with Crippen molar-refractivity contribution >= 4 is 11.9 Å². The van der Waals surface area contributed by atoms with Gasteiger partial charge in [-0.15, -0.1) is 0 Å². The number of anilines is 1. The Morgan fingerprint density at radius 2 is 2.03 bits per heavy atom. The number of methoxy groups -OCH3 is 1. The normalized spacial score (nSPS) is 18.7. The lowest BCUT2D eigenvalue weighted by Gasteiger charge is -2.30. The summed E-state index contributed by atoms with van der Waals surface area (Å²) in [6, 6.07) is 5.28. The van der Waals surface area contributed by atoms with Crippen molar-refractivity contribution in [3.63, 3.8) is 0 Å². The Hall–Kier alpha value is -3.03. The summed E-state index contributed by atoms with van der Waals surface area (Å²) in [5.74, 6) is 1.58. The van der Waals surface area contributed by atoms with Crippen LogP contribution in [0.2, 0.25) is 0 Å². The van der Waals surface area contributed by atoms with Crippen molar-refractivity contribution in [2.45, 2.75) is 70.9 Å². The van der Waals surface area contributed by atoms with Gasteiger partial charge in [-0.1, -0.05) is 25.8 Å². The van der Waals surface area contributed by atoms with Crippen molar-refractivity contribution in [1.82, 2.24) is 14.8 Å². The van der Waals surface area contributed by atoms with Crippen molar-refractivity contribution < 1.29 is 19.0 Å². The molecule has 1 aromatic heterocycles. The predicted octanol–water partition coefficient (Wildman–Crippen LogP) is 4.63. The Balaban J connectivity index is 1.67. The molecule has 0 saturated heterocycles. The molecule has 2 aliphatic rings. The third-order valence-corrected chi connectivity index (χ3v) is 6.10. The number of unbranched alkanes of at least 4 members (excludes halogenated alkanes) is 1. The maximum Gasteiger partial charge on any atom is 0.338 e. The lowest BCUT2D eigenvalue weighted by Crippen LogP contribution is -2.32. The van der Waals surface area contributed by atoms with E-state index in [1.54, 1.807) is 11.8 Å². The summed E-state index contributed by atoms with van der Waals surface area (Å²) in [4.78, 5) is 17.7. The SMILES string of the molecule is CCCCOc1ccc(C2C(C(=O)OC3CCCCC3)=C(C)Nc3ncnn32)cc1OC. The molecule has 32 heavy (non-hydrogen) atoms. The second-order valence-corrected chi connectivity index (χ2v) is 8.37. The number of nitrogens with one attached hydrogen (secondary N) is 1. The van der Waals surface area contributed by atoms with Crippen LogP contribution in [0.5, 0.6) is 11.5 Å². The number of esters is 1. The third-order valence-electron chi connectivity index (χ3n) is 6.10. The average Bonchev–Trinajstić information content (AvgIpc) is 3.27. The van der Waals surface area contributed by atoms with Crippen LogP contribution in [-0.4, -0.2) is 40.6 Å². The van der Waals surface area contributed by atoms with Crippen molar-refractivity contribution in [2.75, 3.05) is 19.0 Å². The molecule has 1 fully saturated rings. The fourth-order valence-electron chi connectivity index (χ4n) is 4.36. The maximum atomic E-state index is 13.4. The van der Waals surface area contributed by atoms with Crippen molar-refractivity contribution in [3.05, 3.63) is 41.4 Å². The molecule has 1 unspecified atom stereocenters. The number of hydrogen-bond donors (Lipinski definition) is 1. The number of rotatable bonds is 8. The van der Waals surface area contributed by atoms with Gasteiger partial charge < -0.3 is 19.5 Å². The van der Waals surface area contributed by atoms with E-state index in [1.807, 2.05) is 25.1 Å². The highest BCUT2D eigenvalue weighted by atomic mass is 16.5. The molecule has 2 aromatic rings. The van der Waals surface area contributed by atoms with E-state index in [9.17, 15) is 4.79 Å². The maximum absolute atomic E-state index is 13.4. The molecule has 4 rings (SSSR count). The molecule has 0 radical (unpaired) electrons. The fourth-order valence-corrected chi connectivity index (χ4v) is 4.36. The van der Waals surface area contributed by atoms with Crippen molar-refractivity contribution in [1.29, 1.82) is 0 Å². The van der Waals surface area contributed by atoms with Crippen LogP contribution in [0.3, 0.4) is 0 Å². The second kappa shape index (κ2) is 10.1. The van der Waals surface area contributed by atoms with E-state index in [4.69, 9.17) is 14.2 Å². The predicted molar refractivity (Wildman–Crippen MR) is 121 cm³/mol. The van der Waals surface area contributed by atoms with Gasteiger partial charge in [-0.2, -0.15) is 10.1 Å². The summed E-state index contributed by atoms with van der Waals surface area (Å²) in [7, 11) is 1.62. The lowest BCUT2D eigenvalue weighted by atomic mass is 9.94. The quantitative estimate of drug-likeness (QED) is 0.473. The van der Waals surface area contributed by atoms with E-state index in [1.165, 1.54) is 12.7 Å². The molecule has 2 heterocycles. The summed E-state index contributed by atoms with van der Waals surface area (Å²) in [5.41, 5.74) is 2.11. The van der Waals surface area contributed by atoms with Gasteiger partial charge in [-0.25, -0.2) is 9.48 Å². The first-order valence-corrected chi connectivity index (χ1v) is 11.5. The van der Waals surface area contributed by atoms with Crippen LogP contribution in [0.25, 0.3) is 0 Å². The van der Waals surface area contributed by atoms with Crippen LogP contribution >= 0.6 is 0 Å². The van der Waals surface area contributed by atoms with Crippen molar-refractivity contribution in [2.24, 2.45) is 0 Å². The highest BCUT2D eigenvalue weighted by Crippen LogP contribution is 2.39. The van der Waals surface area contributed by atoms with E-state index in [2.05, 4.69) is 22.3 Å². The number of ether oxygens (including phenoxy) is 3. The molecule has 1 N–H and O–H groups in total. The smallest absolute Gasteiger partial charge is 0.338 e. The molecule has 0 amide bonds. The molecular weight excluding hydrogens is 408 g/mol. The molecule has 1 aliphatic heterocycles. The number of hydrogen-bond acceptors (Lipinski definition) is 7. The second-order valence-electron chi connectivity index (χ2n) is 8.37. The van der Waals surface area contributed by atoms with Crippen LogP contribution in [0.4, 0.5) is 5.95 Å². The molecule has 8 heteroatoms. The van der Waals surface area contributed by atoms with Gasteiger partial charge in [0.15, 0.2) is 11.5 Å². The zero-order chi connectivity index (χ0) is 22.5. The van der Waals surface area contributed by atoms with Gasteiger partial charge in [-0.05, 0) is 56.7 Å². The Morgan fingerprint density at radius 1 is 1.22 bits per heavy atom. The number of allylic oxidation sites excluding steroid dienone is 1. The fraction of sp³-hybridized carbons (Fsp3) is 0.542. The van der Waals surface area contributed by atoms with E-state index < -0.39 is 6.04 Å². The number of benzene rings is 1. The van der Waals surface area contributed by atoms with E-state index >= 15 is 0 Å². The van der Waals surface area contributed by atoms with Gasteiger partial charge in [0.2, 0.25) is 5.95 Å². The van der Waals surface area contributed by atoms with Crippen molar-refractivity contribution in [3.8, 4) is 11.5 Å². The highest BCUT2D eigenvalue weighted by molar-refractivity contribution is 5.92. The molecule has 0 spiro atoms. The zero-order valence-corrected chi connectivity index (χ0v) is 19.1. The first-order chi connectivity index (χ1) is 15.6. The third kappa shape index (κ3) is 4.59. The van der Waals surface area contributed by atoms with Gasteiger partial charge in [-0.3, -0.25) is 0 Å². The van der Waals surface area contributed by atoms with Crippen LogP contribution in [0.15, 0.2) is 35.8 Å². The highest BCUT2D eigenvalue weighted by Gasteiger charge is 2.36. The van der Waals surface area contributed by atoms with E-state index in [0.717, 1.165) is 49.8 Å². The molecule has 1 atom stereocenters. The van der Waals surface area contributed by atoms with Gasteiger partial charge in [0.1, 0.15) is 18.5 Å². The van der Waals surface area contributed by atoms with Gasteiger partial charge in [0.25, 0.3) is 0 Å². The number of aromatic nitrogens is 3. The summed E-state index contributed by atoms with van der Waals surface area (Å²) in [5, 5.41) is 7.59. The largest absolute Gasteiger partial charge is 0.493 e. The molecule has 8 nitrogen and oxygen atoms in total. The first-order valence-electron chi connectivity index (χ1n) is 11.5. The standard InChI is InChI=1S/C24H32N4O4/c1-4-5-13-31-19-12-11-17(14-20(19)30-3)22-21(16(2)27-24-25-15-26-28(22)24)23(29)32-18-9-7-6-8-10-18/h11-12,14-15,18,22H,4-10,13H2,1-3H3,(H,25,26,27). The van der Waals surface area contributed by atoms with Gasteiger partial charge >= 0.3 is 5.97 Å². The number of carbonyl (C=O) groups excluding carboxylic acids is 1. The monoisotopic (exact) mass is 440 g/mol. The topological polar surface area (TPSA) is 87.5 Å². The van der Waals surface area contributed by atoms with Crippen LogP contribution < -0.4 is 14.8 Å². The lowest BCUT2D eigenvalue weighted by molar-refractivity contribution is -0.146. The summed E-state index contributed by atoms with van der Waals surface area (Å²) in [6.07, 6.45) is 8.72. The summed E-state index contributed by atoms with van der Waals surface area (Å²) >= 11 is 0. The Morgan fingerprint density at radius 3 is 2.78 bits per heavy atom. The van der Waals surface area contributed by atoms with Crippen LogP contribution in [0.1, 0.15) is 70.4 Å². The molecule has 1 aliphatic carbocycles. The van der Waals surface area contributed by atoms with Gasteiger partial charge in [0.05, 0.1) is 19.3 Å². The average molecular weight is 441 g/mol. The molecule has 1 aromatic carbocycles. The number of fused-ring (bicyclic) bond motifs is 1. The number of carbonyl (C=O) groups is 1. The van der Waals surface area contributed by atoms with E-state index in [0.29, 0.717) is 29.6 Å². The molecular formula is C24H32N4O4. The summed E-state index contributed by atoms with van der Waals surface area (Å²) < 4.78 is 19.1. The molecule has 1 saturated carbocycles. The van der Waals surface area contributed by atoms with Crippen LogP contribution in [0, 0.1) is 0 Å². The first kappa shape index (κ1) is 22.2. The minimum atomic E-state index is -0.469. The Kier molecular flexibility index (Phi) is 6.97. The minimum absolute atomic E-state index is 0.0294.